The Morgan fingerprint density at radius 1 is 1.10 bits per heavy atom. The van der Waals surface area contributed by atoms with Gasteiger partial charge in [-0.25, -0.2) is 4.39 Å². The molecule has 170 valence electrons. The van der Waals surface area contributed by atoms with Crippen molar-refractivity contribution in [2.45, 2.75) is 63.3 Å². The van der Waals surface area contributed by atoms with Crippen molar-refractivity contribution >= 4 is 11.8 Å². The van der Waals surface area contributed by atoms with Crippen molar-refractivity contribution in [3.8, 4) is 0 Å². The van der Waals surface area contributed by atoms with E-state index in [0.717, 1.165) is 51.6 Å². The van der Waals surface area contributed by atoms with Crippen molar-refractivity contribution in [3.63, 3.8) is 0 Å². The lowest BCUT2D eigenvalue weighted by atomic mass is 9.83. The van der Waals surface area contributed by atoms with Gasteiger partial charge in [0.15, 0.2) is 0 Å². The molecule has 31 heavy (non-hydrogen) atoms. The van der Waals surface area contributed by atoms with Gasteiger partial charge in [-0.05, 0) is 88.8 Å². The standard InChI is InChI=1S/C24H34FN3O3/c1-17-8-12-24(13-9-17)28(22(29)18-4-6-19(25)7-5-18)21(16-31-24)23(30)27(3)20-10-14-26(2)15-11-20/h4-7,17,20-21H,8-16H2,1-3H3. The number of hydrogen-bond acceptors (Lipinski definition) is 4. The van der Waals surface area contributed by atoms with E-state index in [4.69, 9.17) is 4.74 Å². The Labute approximate surface area is 184 Å². The van der Waals surface area contributed by atoms with Crippen LogP contribution in [-0.2, 0) is 9.53 Å². The van der Waals surface area contributed by atoms with Crippen LogP contribution in [0.15, 0.2) is 24.3 Å². The third-order valence-corrected chi connectivity index (χ3v) is 7.49. The first-order valence-corrected chi connectivity index (χ1v) is 11.5. The Balaban J connectivity index is 1.60. The van der Waals surface area contributed by atoms with Crippen LogP contribution in [0.25, 0.3) is 0 Å². The van der Waals surface area contributed by atoms with E-state index in [2.05, 4.69) is 18.9 Å². The number of carbonyl (C=O) groups excluding carboxylic acids is 2. The summed E-state index contributed by atoms with van der Waals surface area (Å²) in [6, 6.07) is 5.11. The summed E-state index contributed by atoms with van der Waals surface area (Å²) < 4.78 is 19.7. The molecule has 1 spiro atoms. The molecule has 4 rings (SSSR count). The fourth-order valence-electron chi connectivity index (χ4n) is 5.30. The number of carbonyl (C=O) groups is 2. The average molecular weight is 432 g/mol. The minimum Gasteiger partial charge on any atom is -0.353 e. The lowest BCUT2D eigenvalue weighted by Gasteiger charge is -2.44. The molecule has 2 amide bonds. The number of rotatable bonds is 3. The van der Waals surface area contributed by atoms with Gasteiger partial charge in [0.05, 0.1) is 6.61 Å². The van der Waals surface area contributed by atoms with Gasteiger partial charge < -0.3 is 14.5 Å². The third kappa shape index (κ3) is 4.35. The lowest BCUT2D eigenvalue weighted by Crippen LogP contribution is -2.58. The number of amides is 2. The van der Waals surface area contributed by atoms with Gasteiger partial charge in [-0.15, -0.1) is 0 Å². The Bertz CT molecular complexity index is 799. The van der Waals surface area contributed by atoms with Gasteiger partial charge in [-0.3, -0.25) is 14.5 Å². The van der Waals surface area contributed by atoms with Gasteiger partial charge >= 0.3 is 0 Å². The molecular weight excluding hydrogens is 397 g/mol. The van der Waals surface area contributed by atoms with Crippen LogP contribution < -0.4 is 0 Å². The smallest absolute Gasteiger partial charge is 0.256 e. The summed E-state index contributed by atoms with van der Waals surface area (Å²) in [5.74, 6) is -0.110. The molecule has 1 unspecified atom stereocenters. The van der Waals surface area contributed by atoms with E-state index in [0.29, 0.717) is 11.5 Å². The molecule has 0 radical (unpaired) electrons. The van der Waals surface area contributed by atoms with E-state index in [9.17, 15) is 14.0 Å². The fraction of sp³-hybridized carbons (Fsp3) is 0.667. The summed E-state index contributed by atoms with van der Waals surface area (Å²) in [5, 5.41) is 0. The van der Waals surface area contributed by atoms with Crippen LogP contribution in [0.3, 0.4) is 0 Å². The molecule has 7 heteroatoms. The molecule has 0 N–H and O–H groups in total. The Hall–Kier alpha value is -1.99. The first-order valence-electron chi connectivity index (χ1n) is 11.5. The molecule has 2 aliphatic heterocycles. The highest BCUT2D eigenvalue weighted by molar-refractivity contribution is 5.98. The molecule has 6 nitrogen and oxygen atoms in total. The second-order valence-corrected chi connectivity index (χ2v) is 9.62. The van der Waals surface area contributed by atoms with Gasteiger partial charge in [-0.2, -0.15) is 0 Å². The average Bonchev–Trinajstić information content (AvgIpc) is 3.14. The van der Waals surface area contributed by atoms with Crippen LogP contribution in [0.4, 0.5) is 4.39 Å². The van der Waals surface area contributed by atoms with E-state index in [1.807, 2.05) is 11.9 Å². The molecule has 1 aliphatic carbocycles. The highest BCUT2D eigenvalue weighted by Crippen LogP contribution is 2.43. The van der Waals surface area contributed by atoms with Crippen molar-refractivity contribution in [1.29, 1.82) is 0 Å². The van der Waals surface area contributed by atoms with E-state index in [1.165, 1.54) is 24.3 Å². The van der Waals surface area contributed by atoms with Gasteiger partial charge in [0, 0.05) is 18.7 Å². The topological polar surface area (TPSA) is 53.1 Å². The molecule has 3 aliphatic rings. The molecular formula is C24H34FN3O3. The number of halogens is 1. The zero-order chi connectivity index (χ0) is 22.2. The van der Waals surface area contributed by atoms with Crippen LogP contribution in [0.1, 0.15) is 55.8 Å². The number of hydrogen-bond donors (Lipinski definition) is 0. The maximum absolute atomic E-state index is 13.6. The van der Waals surface area contributed by atoms with Gasteiger partial charge in [0.25, 0.3) is 5.91 Å². The SMILES string of the molecule is CC1CCC2(CC1)OCC(C(=O)N(C)C1CCN(C)CC1)N2C(=O)c1ccc(F)cc1. The summed E-state index contributed by atoms with van der Waals surface area (Å²) in [5.41, 5.74) is -0.351. The fourth-order valence-corrected chi connectivity index (χ4v) is 5.30. The molecule has 1 aromatic carbocycles. The van der Waals surface area contributed by atoms with Crippen LogP contribution in [0, 0.1) is 11.7 Å². The highest BCUT2D eigenvalue weighted by atomic mass is 19.1. The second-order valence-electron chi connectivity index (χ2n) is 9.62. The molecule has 0 bridgehead atoms. The van der Waals surface area contributed by atoms with Gasteiger partial charge in [0.1, 0.15) is 17.6 Å². The van der Waals surface area contributed by atoms with E-state index < -0.39 is 11.8 Å². The van der Waals surface area contributed by atoms with Crippen molar-refractivity contribution in [2.75, 3.05) is 33.8 Å². The highest BCUT2D eigenvalue weighted by Gasteiger charge is 2.54. The summed E-state index contributed by atoms with van der Waals surface area (Å²) in [7, 11) is 3.95. The predicted molar refractivity (Wildman–Crippen MR) is 116 cm³/mol. The third-order valence-electron chi connectivity index (χ3n) is 7.49. The van der Waals surface area contributed by atoms with Crippen LogP contribution in [-0.4, -0.2) is 78.1 Å². The largest absolute Gasteiger partial charge is 0.353 e. The first-order chi connectivity index (χ1) is 14.8. The maximum Gasteiger partial charge on any atom is 0.256 e. The van der Waals surface area contributed by atoms with Crippen molar-refractivity contribution in [3.05, 3.63) is 35.6 Å². The summed E-state index contributed by atoms with van der Waals surface area (Å²) in [4.78, 5) is 33.0. The van der Waals surface area contributed by atoms with Gasteiger partial charge in [0.2, 0.25) is 5.91 Å². The number of piperidine rings is 1. The minimum atomic E-state index is -0.744. The summed E-state index contributed by atoms with van der Waals surface area (Å²) in [6.07, 6.45) is 5.23. The van der Waals surface area contributed by atoms with E-state index in [-0.39, 0.29) is 30.3 Å². The monoisotopic (exact) mass is 431 g/mol. The maximum atomic E-state index is 13.6. The molecule has 1 saturated carbocycles. The Morgan fingerprint density at radius 3 is 2.32 bits per heavy atom. The molecule has 2 heterocycles. The molecule has 0 aromatic heterocycles. The number of benzene rings is 1. The number of likely N-dealkylation sites (N-methyl/N-ethyl adjacent to an activating group) is 1. The Morgan fingerprint density at radius 2 is 1.71 bits per heavy atom. The molecule has 1 atom stereocenters. The van der Waals surface area contributed by atoms with E-state index in [1.54, 1.807) is 4.90 Å². The predicted octanol–water partition coefficient (Wildman–Crippen LogP) is 3.13. The van der Waals surface area contributed by atoms with Crippen molar-refractivity contribution < 1.29 is 18.7 Å². The van der Waals surface area contributed by atoms with Crippen LogP contribution >= 0.6 is 0 Å². The number of ether oxygens (including phenoxy) is 1. The molecule has 1 aromatic rings. The van der Waals surface area contributed by atoms with E-state index >= 15 is 0 Å². The second kappa shape index (κ2) is 8.87. The molecule has 3 fully saturated rings. The molecule has 2 saturated heterocycles. The van der Waals surface area contributed by atoms with Crippen molar-refractivity contribution in [1.82, 2.24) is 14.7 Å². The van der Waals surface area contributed by atoms with Crippen LogP contribution in [0.2, 0.25) is 0 Å². The van der Waals surface area contributed by atoms with Crippen molar-refractivity contribution in [2.24, 2.45) is 5.92 Å². The zero-order valence-corrected chi connectivity index (χ0v) is 18.8. The first kappa shape index (κ1) is 22.2. The van der Waals surface area contributed by atoms with Gasteiger partial charge in [-0.1, -0.05) is 6.92 Å². The zero-order valence-electron chi connectivity index (χ0n) is 18.8. The lowest BCUT2D eigenvalue weighted by molar-refractivity contribution is -0.139. The van der Waals surface area contributed by atoms with Crippen LogP contribution in [0.5, 0.6) is 0 Å². The quantitative estimate of drug-likeness (QED) is 0.738. The Kier molecular flexibility index (Phi) is 6.35. The summed E-state index contributed by atoms with van der Waals surface area (Å²) in [6.45, 7) is 4.36. The summed E-state index contributed by atoms with van der Waals surface area (Å²) >= 11 is 0. The normalized spacial score (nSPS) is 30.0. The number of likely N-dealkylation sites (tertiary alicyclic amines) is 1. The number of nitrogens with zero attached hydrogens (tertiary/aromatic N) is 3. The minimum absolute atomic E-state index is 0.0551.